The summed E-state index contributed by atoms with van der Waals surface area (Å²) < 4.78 is 32.6. The zero-order valence-corrected chi connectivity index (χ0v) is 18.0. The number of fused-ring (bicyclic) bond motifs is 1. The molecule has 2 aromatic carbocycles. The van der Waals surface area contributed by atoms with Crippen molar-refractivity contribution < 1.29 is 38.3 Å². The summed E-state index contributed by atoms with van der Waals surface area (Å²) in [6.07, 6.45) is -0.427. The van der Waals surface area contributed by atoms with Crippen molar-refractivity contribution in [1.82, 2.24) is 0 Å². The third-order valence-corrected chi connectivity index (χ3v) is 5.91. The fraction of sp³-hybridized carbons (Fsp3) is 0.435. The molecule has 2 aliphatic heterocycles. The Balaban J connectivity index is 1.74. The van der Waals surface area contributed by atoms with E-state index in [2.05, 4.69) is 0 Å². The molecule has 2 heterocycles. The molecular formula is C23H26O8. The highest BCUT2D eigenvalue weighted by Gasteiger charge is 2.39. The number of aliphatic hydroxyl groups excluding tert-OH is 1. The molecule has 166 valence electrons. The Labute approximate surface area is 180 Å². The van der Waals surface area contributed by atoms with Gasteiger partial charge in [0, 0.05) is 5.92 Å². The number of ether oxygens (including phenoxy) is 6. The number of carbonyl (C=O) groups excluding carboxylic acids is 1. The molecule has 8 heteroatoms. The molecule has 0 unspecified atom stereocenters. The number of aliphatic hydroxyl groups is 1. The summed E-state index contributed by atoms with van der Waals surface area (Å²) in [7, 11) is 4.68. The Morgan fingerprint density at radius 2 is 1.65 bits per heavy atom. The summed E-state index contributed by atoms with van der Waals surface area (Å²) in [5.74, 6) is 1.75. The van der Waals surface area contributed by atoms with Gasteiger partial charge in [0.15, 0.2) is 23.0 Å². The van der Waals surface area contributed by atoms with E-state index in [0.717, 1.165) is 11.1 Å². The Hall–Kier alpha value is -3.13. The van der Waals surface area contributed by atoms with Gasteiger partial charge >= 0.3 is 5.97 Å². The Morgan fingerprint density at radius 3 is 2.19 bits per heavy atom. The topological polar surface area (TPSA) is 92.7 Å². The van der Waals surface area contributed by atoms with E-state index in [1.807, 2.05) is 18.2 Å². The molecule has 0 aromatic heterocycles. The molecule has 3 atom stereocenters. The lowest BCUT2D eigenvalue weighted by Gasteiger charge is -2.23. The summed E-state index contributed by atoms with van der Waals surface area (Å²) >= 11 is 0. The second kappa shape index (κ2) is 8.55. The first-order valence-electron chi connectivity index (χ1n) is 10.0. The van der Waals surface area contributed by atoms with Crippen molar-refractivity contribution in [2.45, 2.75) is 19.4 Å². The van der Waals surface area contributed by atoms with E-state index in [0.29, 0.717) is 40.7 Å². The van der Waals surface area contributed by atoms with Crippen LogP contribution in [0.25, 0.3) is 0 Å². The number of esters is 1. The van der Waals surface area contributed by atoms with Crippen molar-refractivity contribution in [3.63, 3.8) is 0 Å². The Bertz CT molecular complexity index is 961. The van der Waals surface area contributed by atoms with Crippen LogP contribution in [0.2, 0.25) is 0 Å². The molecule has 2 aromatic rings. The first kappa shape index (κ1) is 21.1. The van der Waals surface area contributed by atoms with Gasteiger partial charge in [0.1, 0.15) is 0 Å². The molecule has 0 spiro atoms. The zero-order valence-electron chi connectivity index (χ0n) is 18.0. The van der Waals surface area contributed by atoms with Gasteiger partial charge in [0.05, 0.1) is 40.0 Å². The fourth-order valence-corrected chi connectivity index (χ4v) is 4.11. The Kier molecular flexibility index (Phi) is 5.82. The molecule has 0 saturated carbocycles. The summed E-state index contributed by atoms with van der Waals surface area (Å²) in [5, 5.41) is 11.2. The van der Waals surface area contributed by atoms with Crippen molar-refractivity contribution in [3.05, 3.63) is 41.0 Å². The van der Waals surface area contributed by atoms with E-state index >= 15 is 0 Å². The van der Waals surface area contributed by atoms with Crippen LogP contribution < -0.4 is 23.7 Å². The van der Waals surface area contributed by atoms with Crippen LogP contribution in [0.1, 0.15) is 29.7 Å². The molecule has 0 aliphatic carbocycles. The maximum absolute atomic E-state index is 11.9. The minimum atomic E-state index is -0.895. The molecule has 0 amide bonds. The monoisotopic (exact) mass is 430 g/mol. The van der Waals surface area contributed by atoms with E-state index < -0.39 is 12.0 Å². The molecular weight excluding hydrogens is 404 g/mol. The minimum Gasteiger partial charge on any atom is -0.493 e. The molecule has 0 radical (unpaired) electrons. The van der Waals surface area contributed by atoms with Crippen molar-refractivity contribution in [1.29, 1.82) is 0 Å². The molecule has 31 heavy (non-hydrogen) atoms. The number of hydrogen-bond donors (Lipinski definition) is 1. The highest BCUT2D eigenvalue weighted by molar-refractivity contribution is 5.74. The number of rotatable bonds is 7. The third-order valence-electron chi connectivity index (χ3n) is 5.91. The maximum atomic E-state index is 11.9. The van der Waals surface area contributed by atoms with Crippen LogP contribution >= 0.6 is 0 Å². The molecule has 1 N–H and O–H groups in total. The number of benzene rings is 2. The maximum Gasteiger partial charge on any atom is 0.309 e. The van der Waals surface area contributed by atoms with Crippen LogP contribution in [-0.2, 0) is 16.0 Å². The predicted molar refractivity (Wildman–Crippen MR) is 110 cm³/mol. The van der Waals surface area contributed by atoms with E-state index in [1.54, 1.807) is 34.3 Å². The van der Waals surface area contributed by atoms with E-state index in [-0.39, 0.29) is 25.3 Å². The average molecular weight is 430 g/mol. The highest BCUT2D eigenvalue weighted by atomic mass is 16.7. The van der Waals surface area contributed by atoms with Gasteiger partial charge < -0.3 is 33.5 Å². The Morgan fingerprint density at radius 1 is 1.00 bits per heavy atom. The first-order chi connectivity index (χ1) is 15.0. The summed E-state index contributed by atoms with van der Waals surface area (Å²) in [6.45, 7) is 2.08. The van der Waals surface area contributed by atoms with Gasteiger partial charge in [-0.1, -0.05) is 6.92 Å². The van der Waals surface area contributed by atoms with Crippen molar-refractivity contribution in [3.8, 4) is 28.7 Å². The third kappa shape index (κ3) is 3.83. The lowest BCUT2D eigenvalue weighted by Crippen LogP contribution is -2.21. The van der Waals surface area contributed by atoms with E-state index in [9.17, 15) is 9.90 Å². The highest BCUT2D eigenvalue weighted by Crippen LogP contribution is 2.43. The van der Waals surface area contributed by atoms with Crippen molar-refractivity contribution in [2.75, 3.05) is 34.7 Å². The van der Waals surface area contributed by atoms with Crippen LogP contribution in [0.15, 0.2) is 24.3 Å². The van der Waals surface area contributed by atoms with Gasteiger partial charge in [-0.25, -0.2) is 0 Å². The van der Waals surface area contributed by atoms with Gasteiger partial charge in [-0.3, -0.25) is 4.79 Å². The van der Waals surface area contributed by atoms with Crippen molar-refractivity contribution in [2.24, 2.45) is 11.8 Å². The average Bonchev–Trinajstić information content (AvgIpc) is 3.37. The largest absolute Gasteiger partial charge is 0.493 e. The van der Waals surface area contributed by atoms with Gasteiger partial charge in [-0.2, -0.15) is 0 Å². The van der Waals surface area contributed by atoms with Crippen LogP contribution in [0.4, 0.5) is 0 Å². The summed E-state index contributed by atoms with van der Waals surface area (Å²) in [5.41, 5.74) is 2.42. The van der Waals surface area contributed by atoms with E-state index in [4.69, 9.17) is 28.4 Å². The smallest absolute Gasteiger partial charge is 0.309 e. The SMILES string of the molecule is COc1cc(Cc2cc3c(cc2[C@H](O)[C@H]2COC(=O)[C@H]2C)OCO3)cc(OC)c1OC. The molecule has 1 saturated heterocycles. The molecule has 1 fully saturated rings. The first-order valence-corrected chi connectivity index (χ1v) is 10.0. The summed E-state index contributed by atoms with van der Waals surface area (Å²) in [4.78, 5) is 11.9. The lowest BCUT2D eigenvalue weighted by atomic mass is 9.84. The van der Waals surface area contributed by atoms with Gasteiger partial charge in [-0.15, -0.1) is 0 Å². The molecule has 0 bridgehead atoms. The molecule has 8 nitrogen and oxygen atoms in total. The van der Waals surface area contributed by atoms with Crippen LogP contribution in [-0.4, -0.2) is 45.8 Å². The van der Waals surface area contributed by atoms with Gasteiger partial charge in [0.2, 0.25) is 12.5 Å². The standard InChI is InChI=1S/C23H26O8/c1-12-16(10-29-23(12)25)21(24)15-9-18-17(30-11-31-18)8-14(15)5-13-6-19(26-2)22(28-4)20(7-13)27-3/h6-9,12,16,21,24H,5,10-11H2,1-4H3/t12-,16-,21-/m0/s1. The number of hydrogen-bond acceptors (Lipinski definition) is 8. The zero-order chi connectivity index (χ0) is 22.1. The van der Waals surface area contributed by atoms with Gasteiger partial charge in [-0.05, 0) is 47.4 Å². The summed E-state index contributed by atoms with van der Waals surface area (Å²) in [6, 6.07) is 7.39. The normalized spacial score (nSPS) is 20.4. The molecule has 2 aliphatic rings. The van der Waals surface area contributed by atoms with Crippen LogP contribution in [0.3, 0.4) is 0 Å². The second-order valence-electron chi connectivity index (χ2n) is 7.64. The number of carbonyl (C=O) groups is 1. The minimum absolute atomic E-state index is 0.125. The van der Waals surface area contributed by atoms with Crippen LogP contribution in [0.5, 0.6) is 28.7 Å². The second-order valence-corrected chi connectivity index (χ2v) is 7.64. The number of methoxy groups -OCH3 is 3. The lowest BCUT2D eigenvalue weighted by molar-refractivity contribution is -0.140. The fourth-order valence-electron chi connectivity index (χ4n) is 4.11. The van der Waals surface area contributed by atoms with Gasteiger partial charge in [0.25, 0.3) is 0 Å². The number of cyclic esters (lactones) is 1. The van der Waals surface area contributed by atoms with E-state index in [1.165, 1.54) is 0 Å². The predicted octanol–water partition coefficient (Wildman–Crippen LogP) is 2.87. The quantitative estimate of drug-likeness (QED) is 0.671. The van der Waals surface area contributed by atoms with Crippen LogP contribution in [0, 0.1) is 11.8 Å². The molecule has 4 rings (SSSR count). The van der Waals surface area contributed by atoms with Crippen molar-refractivity contribution >= 4 is 5.97 Å².